The minimum absolute atomic E-state index is 0.0132. The highest BCUT2D eigenvalue weighted by Gasteiger charge is 2.14. The summed E-state index contributed by atoms with van der Waals surface area (Å²) in [6, 6.07) is 7.91. The van der Waals surface area contributed by atoms with Crippen LogP contribution in [0, 0.1) is 10.1 Å². The predicted molar refractivity (Wildman–Crippen MR) is 97.2 cm³/mol. The Morgan fingerprint density at radius 3 is 3.00 bits per heavy atom. The van der Waals surface area contributed by atoms with Crippen LogP contribution in [0.4, 0.5) is 11.4 Å². The molecular weight excluding hydrogens is 386 g/mol. The van der Waals surface area contributed by atoms with Gasteiger partial charge in [0.1, 0.15) is 5.02 Å². The molecule has 0 radical (unpaired) electrons. The number of benzene rings is 1. The van der Waals surface area contributed by atoms with Crippen LogP contribution in [0.2, 0.25) is 5.02 Å². The molecule has 0 unspecified atom stereocenters. The third-order valence-electron chi connectivity index (χ3n) is 2.98. The van der Waals surface area contributed by atoms with E-state index in [0.29, 0.717) is 16.7 Å². The maximum Gasteiger partial charge on any atom is 0.289 e. The first-order valence-electron chi connectivity index (χ1n) is 6.86. The first kappa shape index (κ1) is 17.4. The van der Waals surface area contributed by atoms with E-state index in [1.54, 1.807) is 0 Å². The molecule has 1 amide bonds. The highest BCUT2D eigenvalue weighted by Crippen LogP contribution is 2.27. The Balaban J connectivity index is 1.58. The zero-order valence-electron chi connectivity index (χ0n) is 12.4. The second-order valence-electron chi connectivity index (χ2n) is 4.70. The van der Waals surface area contributed by atoms with Gasteiger partial charge in [0.2, 0.25) is 11.1 Å². The van der Waals surface area contributed by atoms with Gasteiger partial charge in [-0.25, -0.2) is 4.98 Å². The number of thioether (sulfide) groups is 1. The van der Waals surface area contributed by atoms with E-state index in [-0.39, 0.29) is 22.4 Å². The molecule has 3 rings (SSSR count). The van der Waals surface area contributed by atoms with Gasteiger partial charge in [0, 0.05) is 11.8 Å². The van der Waals surface area contributed by atoms with E-state index in [4.69, 9.17) is 11.6 Å². The van der Waals surface area contributed by atoms with Crippen molar-refractivity contribution in [3.63, 3.8) is 0 Å². The number of halogens is 1. The SMILES string of the molecule is O=C(CSc1n[nH]c(-c2cccs2)n1)Nc1ccc(Cl)c([N+](=O)[O-])c1. The standard InChI is InChI=1S/C14H10ClN5O3S2/c15-9-4-3-8(6-10(9)20(22)23)16-12(21)7-25-14-17-13(18-19-14)11-2-1-5-24-11/h1-6H,7H2,(H,16,21)(H,17,18,19). The van der Waals surface area contributed by atoms with Crippen molar-refractivity contribution in [1.29, 1.82) is 0 Å². The molecule has 0 aliphatic carbocycles. The van der Waals surface area contributed by atoms with Gasteiger partial charge in [0.05, 0.1) is 15.6 Å². The number of anilines is 1. The van der Waals surface area contributed by atoms with Crippen LogP contribution in [-0.4, -0.2) is 31.8 Å². The van der Waals surface area contributed by atoms with E-state index in [0.717, 1.165) is 16.6 Å². The average molecular weight is 396 g/mol. The summed E-state index contributed by atoms with van der Waals surface area (Å²) >= 11 is 8.43. The number of aromatic amines is 1. The number of rotatable bonds is 6. The number of hydrogen-bond donors (Lipinski definition) is 2. The van der Waals surface area contributed by atoms with Gasteiger partial charge in [-0.05, 0) is 23.6 Å². The van der Waals surface area contributed by atoms with E-state index in [1.165, 1.54) is 29.5 Å². The number of hydrogen-bond acceptors (Lipinski definition) is 7. The molecule has 0 aliphatic rings. The van der Waals surface area contributed by atoms with Crippen molar-refractivity contribution in [2.24, 2.45) is 0 Å². The number of nitrogens with zero attached hydrogens (tertiary/aromatic N) is 3. The fourth-order valence-corrected chi connectivity index (χ4v) is 3.34. The van der Waals surface area contributed by atoms with Crippen LogP contribution < -0.4 is 5.32 Å². The molecule has 0 spiro atoms. The second kappa shape index (κ2) is 7.64. The van der Waals surface area contributed by atoms with Gasteiger partial charge < -0.3 is 5.32 Å². The summed E-state index contributed by atoms with van der Waals surface area (Å²) in [5.74, 6) is 0.383. The normalized spacial score (nSPS) is 10.6. The lowest BCUT2D eigenvalue weighted by Gasteiger charge is -2.04. The van der Waals surface area contributed by atoms with Crippen molar-refractivity contribution in [3.8, 4) is 10.7 Å². The summed E-state index contributed by atoms with van der Waals surface area (Å²) in [5.41, 5.74) is 0.0395. The van der Waals surface area contributed by atoms with Gasteiger partial charge >= 0.3 is 0 Å². The molecule has 8 nitrogen and oxygen atoms in total. The third-order valence-corrected chi connectivity index (χ3v) is 5.02. The van der Waals surface area contributed by atoms with Crippen molar-refractivity contribution in [2.45, 2.75) is 5.16 Å². The number of nitro groups is 1. The Morgan fingerprint density at radius 1 is 1.44 bits per heavy atom. The van der Waals surface area contributed by atoms with E-state index in [1.807, 2.05) is 17.5 Å². The van der Waals surface area contributed by atoms with Gasteiger partial charge in [0.25, 0.3) is 5.69 Å². The fourth-order valence-electron chi connectivity index (χ4n) is 1.89. The third kappa shape index (κ3) is 4.35. The lowest BCUT2D eigenvalue weighted by Crippen LogP contribution is -2.14. The summed E-state index contributed by atoms with van der Waals surface area (Å²) < 4.78 is 0. The average Bonchev–Trinajstić information content (AvgIpc) is 3.25. The molecule has 3 aromatic rings. The molecule has 2 aromatic heterocycles. The first-order valence-corrected chi connectivity index (χ1v) is 9.10. The number of carbonyl (C=O) groups excluding carboxylic acids is 1. The van der Waals surface area contributed by atoms with Gasteiger partial charge in [0.15, 0.2) is 5.82 Å². The monoisotopic (exact) mass is 395 g/mol. The molecule has 0 bridgehead atoms. The molecule has 128 valence electrons. The van der Waals surface area contributed by atoms with Gasteiger partial charge in [-0.2, -0.15) is 0 Å². The number of thiophene rings is 1. The van der Waals surface area contributed by atoms with Crippen molar-refractivity contribution in [1.82, 2.24) is 15.2 Å². The van der Waals surface area contributed by atoms with Gasteiger partial charge in [-0.1, -0.05) is 29.4 Å². The van der Waals surface area contributed by atoms with Crippen LogP contribution in [0.1, 0.15) is 0 Å². The highest BCUT2D eigenvalue weighted by atomic mass is 35.5. The first-order chi connectivity index (χ1) is 12.0. The lowest BCUT2D eigenvalue weighted by molar-refractivity contribution is -0.384. The summed E-state index contributed by atoms with van der Waals surface area (Å²) in [6.45, 7) is 0. The molecule has 0 saturated heterocycles. The van der Waals surface area contributed by atoms with Crippen molar-refractivity contribution >= 4 is 52.0 Å². The molecule has 0 aliphatic heterocycles. The summed E-state index contributed by atoms with van der Waals surface area (Å²) in [6.07, 6.45) is 0. The molecule has 25 heavy (non-hydrogen) atoms. The lowest BCUT2D eigenvalue weighted by atomic mass is 10.3. The molecule has 1 aromatic carbocycles. The van der Waals surface area contributed by atoms with Gasteiger partial charge in [-0.3, -0.25) is 20.0 Å². The number of H-pyrrole nitrogens is 1. The maximum atomic E-state index is 12.0. The van der Waals surface area contributed by atoms with Gasteiger partial charge in [-0.15, -0.1) is 16.4 Å². The topological polar surface area (TPSA) is 114 Å². The molecule has 11 heteroatoms. The summed E-state index contributed by atoms with van der Waals surface area (Å²) in [7, 11) is 0. The Kier molecular flexibility index (Phi) is 5.31. The fraction of sp³-hybridized carbons (Fsp3) is 0.0714. The number of amides is 1. The molecule has 0 saturated carbocycles. The van der Waals surface area contributed by atoms with Crippen molar-refractivity contribution in [2.75, 3.05) is 11.1 Å². The van der Waals surface area contributed by atoms with Crippen LogP contribution in [-0.2, 0) is 4.79 Å². The van der Waals surface area contributed by atoms with E-state index < -0.39 is 4.92 Å². The van der Waals surface area contributed by atoms with Crippen LogP contribution in [0.15, 0.2) is 40.9 Å². The zero-order valence-corrected chi connectivity index (χ0v) is 14.8. The highest BCUT2D eigenvalue weighted by molar-refractivity contribution is 7.99. The Bertz CT molecular complexity index is 913. The summed E-state index contributed by atoms with van der Waals surface area (Å²) in [4.78, 5) is 27.5. The predicted octanol–water partition coefficient (Wildman–Crippen LogP) is 3.83. The Morgan fingerprint density at radius 2 is 2.28 bits per heavy atom. The van der Waals surface area contributed by atoms with Crippen LogP contribution in [0.5, 0.6) is 0 Å². The van der Waals surface area contributed by atoms with E-state index in [2.05, 4.69) is 20.5 Å². The number of carbonyl (C=O) groups is 1. The minimum atomic E-state index is -0.605. The van der Waals surface area contributed by atoms with E-state index >= 15 is 0 Å². The Labute approximate surface area is 154 Å². The zero-order chi connectivity index (χ0) is 17.8. The maximum absolute atomic E-state index is 12.0. The van der Waals surface area contributed by atoms with Crippen molar-refractivity contribution < 1.29 is 9.72 Å². The van der Waals surface area contributed by atoms with Crippen LogP contribution >= 0.6 is 34.7 Å². The second-order valence-corrected chi connectivity index (χ2v) is 7.00. The largest absolute Gasteiger partial charge is 0.325 e. The van der Waals surface area contributed by atoms with Crippen LogP contribution in [0.3, 0.4) is 0 Å². The smallest absolute Gasteiger partial charge is 0.289 e. The molecule has 2 N–H and O–H groups in total. The minimum Gasteiger partial charge on any atom is -0.325 e. The van der Waals surface area contributed by atoms with Crippen LogP contribution in [0.25, 0.3) is 10.7 Å². The Hall–Kier alpha value is -2.43. The van der Waals surface area contributed by atoms with Crippen molar-refractivity contribution in [3.05, 3.63) is 50.8 Å². The summed E-state index contributed by atoms with van der Waals surface area (Å²) in [5, 5.41) is 22.7. The number of nitro benzene ring substituents is 1. The quantitative estimate of drug-likeness (QED) is 0.372. The molecule has 0 atom stereocenters. The number of nitrogens with one attached hydrogen (secondary N) is 2. The molecular formula is C14H10ClN5O3S2. The van der Waals surface area contributed by atoms with E-state index in [9.17, 15) is 14.9 Å². The number of aromatic nitrogens is 3. The molecule has 0 fully saturated rings. The molecule has 2 heterocycles.